The fraction of sp³-hybridized carbons (Fsp3) is 0.316. The third-order valence-electron chi connectivity index (χ3n) is 4.50. The molecule has 0 saturated heterocycles. The summed E-state index contributed by atoms with van der Waals surface area (Å²) in [5, 5.41) is 3.95. The van der Waals surface area contributed by atoms with Crippen LogP contribution >= 0.6 is 11.6 Å². The summed E-state index contributed by atoms with van der Waals surface area (Å²) in [6, 6.07) is 15.6. The number of carbonyl (C=O) groups excluding carboxylic acids is 1. The highest BCUT2D eigenvalue weighted by atomic mass is 35.5. The first-order valence-electron chi connectivity index (χ1n) is 8.01. The Kier molecular flexibility index (Phi) is 4.87. The van der Waals surface area contributed by atoms with Gasteiger partial charge in [0.05, 0.1) is 6.42 Å². The second-order valence-corrected chi connectivity index (χ2v) is 6.62. The Hall–Kier alpha value is -2.00. The van der Waals surface area contributed by atoms with E-state index in [9.17, 15) is 4.79 Å². The molecule has 23 heavy (non-hydrogen) atoms. The molecule has 1 fully saturated rings. The molecule has 0 bridgehead atoms. The number of rotatable bonds is 4. The van der Waals surface area contributed by atoms with E-state index < -0.39 is 0 Å². The molecule has 4 heteroatoms. The Morgan fingerprint density at radius 3 is 2.48 bits per heavy atom. The van der Waals surface area contributed by atoms with Crippen molar-refractivity contribution in [2.75, 3.05) is 5.73 Å². The number of nitrogens with two attached hydrogens (primary N) is 1. The van der Waals surface area contributed by atoms with E-state index in [1.54, 1.807) is 0 Å². The van der Waals surface area contributed by atoms with Crippen LogP contribution < -0.4 is 11.1 Å². The fourth-order valence-corrected chi connectivity index (χ4v) is 3.45. The number of hydrogen-bond donors (Lipinski definition) is 2. The van der Waals surface area contributed by atoms with Gasteiger partial charge in [-0.25, -0.2) is 0 Å². The van der Waals surface area contributed by atoms with Gasteiger partial charge in [-0.3, -0.25) is 4.79 Å². The first-order chi connectivity index (χ1) is 11.1. The first-order valence-corrected chi connectivity index (χ1v) is 8.39. The van der Waals surface area contributed by atoms with Gasteiger partial charge in [0.25, 0.3) is 0 Å². The normalized spacial score (nSPS) is 20.4. The van der Waals surface area contributed by atoms with Crippen LogP contribution in [0.4, 0.5) is 5.69 Å². The molecule has 0 aromatic heterocycles. The summed E-state index contributed by atoms with van der Waals surface area (Å²) in [4.78, 5) is 12.3. The number of hydrogen-bond acceptors (Lipinski definition) is 2. The summed E-state index contributed by atoms with van der Waals surface area (Å²) in [6.07, 6.45) is 3.67. The van der Waals surface area contributed by atoms with E-state index in [0.717, 1.165) is 29.8 Å². The van der Waals surface area contributed by atoms with Crippen molar-refractivity contribution >= 4 is 23.2 Å². The van der Waals surface area contributed by atoms with Gasteiger partial charge in [0.2, 0.25) is 5.91 Å². The van der Waals surface area contributed by atoms with Gasteiger partial charge in [-0.2, -0.15) is 0 Å². The molecule has 2 aromatic rings. The van der Waals surface area contributed by atoms with Gasteiger partial charge in [0.1, 0.15) is 0 Å². The van der Waals surface area contributed by atoms with Crippen LogP contribution in [0, 0.1) is 0 Å². The van der Waals surface area contributed by atoms with Gasteiger partial charge in [-0.05, 0) is 48.2 Å². The lowest BCUT2D eigenvalue weighted by Crippen LogP contribution is -2.37. The minimum absolute atomic E-state index is 0.0700. The fourth-order valence-electron chi connectivity index (χ4n) is 3.32. The molecule has 0 spiro atoms. The minimum Gasteiger partial charge on any atom is -0.399 e. The van der Waals surface area contributed by atoms with Gasteiger partial charge >= 0.3 is 0 Å². The van der Waals surface area contributed by atoms with Crippen LogP contribution in [0.2, 0.25) is 5.02 Å². The minimum atomic E-state index is 0.0700. The quantitative estimate of drug-likeness (QED) is 0.836. The number of amides is 1. The average molecular weight is 329 g/mol. The zero-order chi connectivity index (χ0) is 16.2. The smallest absolute Gasteiger partial charge is 0.224 e. The number of halogens is 1. The maximum absolute atomic E-state index is 12.3. The molecular formula is C19H21ClN2O. The lowest BCUT2D eigenvalue weighted by Gasteiger charge is -2.21. The van der Waals surface area contributed by atoms with Crippen LogP contribution in [0.3, 0.4) is 0 Å². The highest BCUT2D eigenvalue weighted by molar-refractivity contribution is 6.30. The molecule has 120 valence electrons. The maximum atomic E-state index is 12.3. The Morgan fingerprint density at radius 2 is 1.78 bits per heavy atom. The molecule has 0 aliphatic heterocycles. The summed E-state index contributed by atoms with van der Waals surface area (Å²) < 4.78 is 0. The lowest BCUT2D eigenvalue weighted by molar-refractivity contribution is -0.121. The number of nitrogens with one attached hydrogen (secondary N) is 1. The predicted molar refractivity (Wildman–Crippen MR) is 94.5 cm³/mol. The summed E-state index contributed by atoms with van der Waals surface area (Å²) >= 11 is 5.96. The van der Waals surface area contributed by atoms with Crippen LogP contribution in [-0.4, -0.2) is 11.9 Å². The van der Waals surface area contributed by atoms with Gasteiger partial charge in [0, 0.05) is 22.7 Å². The van der Waals surface area contributed by atoms with Crippen molar-refractivity contribution in [3.05, 3.63) is 64.7 Å². The zero-order valence-electron chi connectivity index (χ0n) is 13.0. The number of anilines is 1. The summed E-state index contributed by atoms with van der Waals surface area (Å²) in [5.74, 6) is 0.447. The van der Waals surface area contributed by atoms with Crippen LogP contribution in [0.1, 0.15) is 36.3 Å². The molecule has 0 heterocycles. The van der Waals surface area contributed by atoms with Gasteiger partial charge < -0.3 is 11.1 Å². The standard InChI is InChI=1S/C19H21ClN2O/c20-15-8-6-14(7-9-15)17-2-1-3-18(17)22-19(23)12-13-4-10-16(21)11-5-13/h4-11,17-18H,1-3,12,21H2,(H,22,23). The van der Waals surface area contributed by atoms with Crippen molar-refractivity contribution in [2.24, 2.45) is 0 Å². The molecule has 1 aliphatic rings. The van der Waals surface area contributed by atoms with Crippen LogP contribution in [0.15, 0.2) is 48.5 Å². The predicted octanol–water partition coefficient (Wildman–Crippen LogP) is 3.92. The van der Waals surface area contributed by atoms with Crippen LogP contribution in [0.25, 0.3) is 0 Å². The van der Waals surface area contributed by atoms with E-state index >= 15 is 0 Å². The highest BCUT2D eigenvalue weighted by Crippen LogP contribution is 2.35. The summed E-state index contributed by atoms with van der Waals surface area (Å²) in [5.41, 5.74) is 8.63. The molecule has 2 atom stereocenters. The summed E-state index contributed by atoms with van der Waals surface area (Å²) in [7, 11) is 0. The van der Waals surface area contributed by atoms with Gasteiger partial charge in [0.15, 0.2) is 0 Å². The molecule has 3 N–H and O–H groups in total. The topological polar surface area (TPSA) is 55.1 Å². The van der Waals surface area contributed by atoms with E-state index in [0.29, 0.717) is 18.0 Å². The third kappa shape index (κ3) is 4.05. The number of benzene rings is 2. The van der Waals surface area contributed by atoms with Gasteiger partial charge in [-0.15, -0.1) is 0 Å². The molecule has 1 amide bonds. The molecule has 3 rings (SSSR count). The molecule has 1 aliphatic carbocycles. The largest absolute Gasteiger partial charge is 0.399 e. The van der Waals surface area contributed by atoms with E-state index in [-0.39, 0.29) is 11.9 Å². The molecular weight excluding hydrogens is 308 g/mol. The second-order valence-electron chi connectivity index (χ2n) is 6.18. The third-order valence-corrected chi connectivity index (χ3v) is 4.76. The van der Waals surface area contributed by atoms with E-state index in [1.165, 1.54) is 5.56 Å². The number of carbonyl (C=O) groups is 1. The molecule has 2 unspecified atom stereocenters. The maximum Gasteiger partial charge on any atom is 0.224 e. The molecule has 2 aromatic carbocycles. The summed E-state index contributed by atoms with van der Waals surface area (Å²) in [6.45, 7) is 0. The second kappa shape index (κ2) is 7.05. The number of nitrogen functional groups attached to an aromatic ring is 1. The SMILES string of the molecule is Nc1ccc(CC(=O)NC2CCCC2c2ccc(Cl)cc2)cc1. The van der Waals surface area contributed by atoms with Crippen LogP contribution in [0.5, 0.6) is 0 Å². The van der Waals surface area contributed by atoms with E-state index in [4.69, 9.17) is 17.3 Å². The van der Waals surface area contributed by atoms with Crippen molar-refractivity contribution in [3.63, 3.8) is 0 Å². The monoisotopic (exact) mass is 328 g/mol. The first kappa shape index (κ1) is 15.9. The van der Waals surface area contributed by atoms with Crippen molar-refractivity contribution in [2.45, 2.75) is 37.6 Å². The molecule has 0 radical (unpaired) electrons. The van der Waals surface area contributed by atoms with Gasteiger partial charge in [-0.1, -0.05) is 42.3 Å². The molecule has 1 saturated carbocycles. The van der Waals surface area contributed by atoms with E-state index in [2.05, 4.69) is 17.4 Å². The molecule has 3 nitrogen and oxygen atoms in total. The Balaban J connectivity index is 1.62. The Labute approximate surface area is 141 Å². The Bertz CT molecular complexity index is 667. The van der Waals surface area contributed by atoms with Crippen LogP contribution in [-0.2, 0) is 11.2 Å². The zero-order valence-corrected chi connectivity index (χ0v) is 13.7. The van der Waals surface area contributed by atoms with Crippen molar-refractivity contribution < 1.29 is 4.79 Å². The van der Waals surface area contributed by atoms with Crippen molar-refractivity contribution in [3.8, 4) is 0 Å². The lowest BCUT2D eigenvalue weighted by atomic mass is 9.94. The van der Waals surface area contributed by atoms with E-state index in [1.807, 2.05) is 36.4 Å². The highest BCUT2D eigenvalue weighted by Gasteiger charge is 2.29. The Morgan fingerprint density at radius 1 is 1.09 bits per heavy atom. The van der Waals surface area contributed by atoms with Crippen molar-refractivity contribution in [1.29, 1.82) is 0 Å². The average Bonchev–Trinajstić information content (AvgIpc) is 2.98. The van der Waals surface area contributed by atoms with Crippen molar-refractivity contribution in [1.82, 2.24) is 5.32 Å².